The molecule has 0 aliphatic carbocycles. The second-order valence-corrected chi connectivity index (χ2v) is 6.98. The number of benzene rings is 2. The minimum atomic E-state index is -0.675. The lowest BCUT2D eigenvalue weighted by Crippen LogP contribution is -2.32. The van der Waals surface area contributed by atoms with Gasteiger partial charge in [0.05, 0.1) is 12.2 Å². The molecule has 0 atom stereocenters. The molecule has 0 unspecified atom stereocenters. The Balaban J connectivity index is 1.97. The number of hydrogen-bond donors (Lipinski definition) is 0. The summed E-state index contributed by atoms with van der Waals surface area (Å²) in [7, 11) is 0.111. The molecule has 3 nitrogen and oxygen atoms in total. The molecule has 0 aliphatic heterocycles. The van der Waals surface area contributed by atoms with Crippen molar-refractivity contribution in [2.24, 2.45) is 0 Å². The summed E-state index contributed by atoms with van der Waals surface area (Å²) < 4.78 is 30.3. The zero-order valence-electron chi connectivity index (χ0n) is 14.5. The molecule has 0 saturated heterocycles. The van der Waals surface area contributed by atoms with Crippen LogP contribution in [0.15, 0.2) is 48.5 Å². The fourth-order valence-electron chi connectivity index (χ4n) is 2.05. The largest absolute Gasteiger partial charge is 0.366 e. The molecule has 0 spiro atoms. The molecule has 2 aromatic rings. The van der Waals surface area contributed by atoms with Crippen LogP contribution in [0.2, 0.25) is 0 Å². The van der Waals surface area contributed by atoms with E-state index in [0.29, 0.717) is 0 Å². The predicted octanol–water partition coefficient (Wildman–Crippen LogP) is 3.89. The summed E-state index contributed by atoms with van der Waals surface area (Å²) in [5.41, 5.74) is 1.83. The van der Waals surface area contributed by atoms with Crippen molar-refractivity contribution in [3.63, 3.8) is 0 Å². The highest BCUT2D eigenvalue weighted by Crippen LogP contribution is 2.18. The number of hydrogen-bond acceptors (Lipinski definition) is 3. The Kier molecular flexibility index (Phi) is 7.11. The third kappa shape index (κ3) is 6.17. The maximum absolute atomic E-state index is 13.3. The maximum Gasteiger partial charge on any atom is 0.275 e. The molecule has 0 saturated carbocycles. The van der Waals surface area contributed by atoms with E-state index in [-0.39, 0.29) is 27.8 Å². The average molecular weight is 346 g/mol. The second kappa shape index (κ2) is 9.08. The van der Waals surface area contributed by atoms with Gasteiger partial charge in [0.1, 0.15) is 5.82 Å². The highest BCUT2D eigenvalue weighted by Gasteiger charge is 2.15. The molecular formula is C19H23FO3Si. The normalized spacial score (nSPS) is 11.7. The summed E-state index contributed by atoms with van der Waals surface area (Å²) in [4.78, 5) is 0. The van der Waals surface area contributed by atoms with E-state index in [2.05, 4.69) is 0 Å². The highest BCUT2D eigenvalue weighted by molar-refractivity contribution is 6.46. The van der Waals surface area contributed by atoms with Crippen molar-refractivity contribution in [1.29, 1.82) is 0 Å². The lowest BCUT2D eigenvalue weighted by Gasteiger charge is -2.22. The molecule has 2 rings (SSSR count). The van der Waals surface area contributed by atoms with Gasteiger partial charge < -0.3 is 13.9 Å². The van der Waals surface area contributed by atoms with Crippen molar-refractivity contribution in [1.82, 2.24) is 0 Å². The fourth-order valence-corrected chi connectivity index (χ4v) is 2.69. The lowest BCUT2D eigenvalue weighted by atomic mass is 10.1. The van der Waals surface area contributed by atoms with Crippen molar-refractivity contribution in [2.45, 2.75) is 46.4 Å². The molecule has 5 heteroatoms. The molecule has 0 bridgehead atoms. The Hall–Kier alpha value is -1.53. The average Bonchev–Trinajstić information content (AvgIpc) is 2.52. The first-order valence-corrected chi connectivity index (χ1v) is 8.93. The summed E-state index contributed by atoms with van der Waals surface area (Å²) in [6.45, 7) is 7.09. The smallest absolute Gasteiger partial charge is 0.275 e. The van der Waals surface area contributed by atoms with Crippen LogP contribution in [0, 0.1) is 5.82 Å². The van der Waals surface area contributed by atoms with Crippen molar-refractivity contribution < 1.29 is 18.3 Å². The fraction of sp³-hybridized carbons (Fsp3) is 0.368. The topological polar surface area (TPSA) is 27.7 Å². The third-order valence-electron chi connectivity index (χ3n) is 3.08. The molecule has 128 valence electrons. The molecule has 2 aromatic carbocycles. The van der Waals surface area contributed by atoms with E-state index >= 15 is 0 Å². The molecule has 0 amide bonds. The van der Waals surface area contributed by atoms with Gasteiger partial charge in [-0.25, -0.2) is 4.39 Å². The van der Waals surface area contributed by atoms with Crippen LogP contribution >= 0.6 is 0 Å². The first-order chi connectivity index (χ1) is 11.4. The van der Waals surface area contributed by atoms with Crippen LogP contribution in [0.3, 0.4) is 0 Å². The highest BCUT2D eigenvalue weighted by atomic mass is 28.2. The van der Waals surface area contributed by atoms with Crippen molar-refractivity contribution in [3.05, 3.63) is 54.3 Å². The van der Waals surface area contributed by atoms with E-state index in [1.165, 1.54) is 12.1 Å². The molecule has 2 radical (unpaired) electrons. The number of ether oxygens (including phenoxy) is 2. The van der Waals surface area contributed by atoms with Crippen molar-refractivity contribution in [3.8, 4) is 11.1 Å². The summed E-state index contributed by atoms with van der Waals surface area (Å²) in [5, 5.41) is 1.03. The van der Waals surface area contributed by atoms with E-state index in [0.717, 1.165) is 16.3 Å². The van der Waals surface area contributed by atoms with Gasteiger partial charge in [-0.05, 0) is 56.1 Å². The first kappa shape index (κ1) is 18.8. The minimum absolute atomic E-state index is 0.0221. The lowest BCUT2D eigenvalue weighted by molar-refractivity contribution is -0.274. The second-order valence-electron chi connectivity index (χ2n) is 5.97. The van der Waals surface area contributed by atoms with E-state index < -0.39 is 6.48 Å². The van der Waals surface area contributed by atoms with Gasteiger partial charge in [-0.2, -0.15) is 0 Å². The minimum Gasteiger partial charge on any atom is -0.366 e. The molecule has 0 heterocycles. The van der Waals surface area contributed by atoms with Gasteiger partial charge in [0.15, 0.2) is 0 Å². The molecule has 24 heavy (non-hydrogen) atoms. The quantitative estimate of drug-likeness (QED) is 0.536. The van der Waals surface area contributed by atoms with Crippen LogP contribution < -0.4 is 5.19 Å². The van der Waals surface area contributed by atoms with E-state index in [1.807, 2.05) is 58.0 Å². The van der Waals surface area contributed by atoms with Crippen LogP contribution in [0.5, 0.6) is 0 Å². The Morgan fingerprint density at radius 3 is 2.00 bits per heavy atom. The van der Waals surface area contributed by atoms with Gasteiger partial charge in [0, 0.05) is 0 Å². The molecule has 0 fully saturated rings. The summed E-state index contributed by atoms with van der Waals surface area (Å²) in [5.74, 6) is -0.235. The van der Waals surface area contributed by atoms with Gasteiger partial charge in [-0.1, -0.05) is 36.4 Å². The van der Waals surface area contributed by atoms with E-state index in [1.54, 1.807) is 6.07 Å². The van der Waals surface area contributed by atoms with Gasteiger partial charge in [-0.3, -0.25) is 0 Å². The van der Waals surface area contributed by atoms with E-state index in [4.69, 9.17) is 13.9 Å². The van der Waals surface area contributed by atoms with Crippen LogP contribution in [-0.4, -0.2) is 28.4 Å². The SMILES string of the molecule is CC(C)OC(O[Si]c1ccc(-c2cccc(F)c2)cc1)OC(C)C. The zero-order valence-corrected chi connectivity index (χ0v) is 15.5. The van der Waals surface area contributed by atoms with Crippen LogP contribution in [0.4, 0.5) is 4.39 Å². The predicted molar refractivity (Wildman–Crippen MR) is 94.5 cm³/mol. The van der Waals surface area contributed by atoms with Crippen LogP contribution in [0.25, 0.3) is 11.1 Å². The molecular weight excluding hydrogens is 323 g/mol. The van der Waals surface area contributed by atoms with Crippen molar-refractivity contribution in [2.75, 3.05) is 0 Å². The summed E-state index contributed by atoms with van der Waals surface area (Å²) in [6.07, 6.45) is 0.0443. The Morgan fingerprint density at radius 1 is 0.833 bits per heavy atom. The van der Waals surface area contributed by atoms with Crippen LogP contribution in [0.1, 0.15) is 27.7 Å². The monoisotopic (exact) mass is 346 g/mol. The maximum atomic E-state index is 13.3. The Morgan fingerprint density at radius 2 is 1.46 bits per heavy atom. The number of rotatable bonds is 8. The zero-order chi connectivity index (χ0) is 17.5. The molecule has 0 aromatic heterocycles. The first-order valence-electron chi connectivity index (χ1n) is 8.02. The van der Waals surface area contributed by atoms with Gasteiger partial charge in [0.2, 0.25) is 0 Å². The Labute approximate surface area is 145 Å². The van der Waals surface area contributed by atoms with Gasteiger partial charge in [-0.15, -0.1) is 0 Å². The Bertz CT molecular complexity index is 619. The summed E-state index contributed by atoms with van der Waals surface area (Å²) in [6, 6.07) is 14.4. The van der Waals surface area contributed by atoms with Gasteiger partial charge >= 0.3 is 0 Å². The third-order valence-corrected chi connectivity index (χ3v) is 3.96. The van der Waals surface area contributed by atoms with Gasteiger partial charge in [0.25, 0.3) is 16.2 Å². The van der Waals surface area contributed by atoms with Crippen LogP contribution in [-0.2, 0) is 13.9 Å². The molecule has 0 aliphatic rings. The molecule has 0 N–H and O–H groups in total. The van der Waals surface area contributed by atoms with E-state index in [9.17, 15) is 4.39 Å². The summed E-state index contributed by atoms with van der Waals surface area (Å²) >= 11 is 0. The van der Waals surface area contributed by atoms with Crippen molar-refractivity contribution >= 4 is 14.9 Å². The number of halogens is 1. The standard InChI is InChI=1S/C19H23FO3Si/c1-13(2)21-19(22-14(3)4)23-24-18-10-8-15(9-11-18)16-6-5-7-17(20)12-16/h5-14,19H,1-4H3.